The summed E-state index contributed by atoms with van der Waals surface area (Å²) in [6, 6.07) is 23.3. The number of carbonyl (C=O) groups excluding carboxylic acids is 3. The number of hydrogen-bond donors (Lipinski definition) is 6. The summed E-state index contributed by atoms with van der Waals surface area (Å²) in [6.45, 7) is 0.790. The molecule has 0 aliphatic heterocycles. The molecule has 0 aliphatic rings. The van der Waals surface area contributed by atoms with E-state index in [1.165, 1.54) is 11.0 Å². The first kappa shape index (κ1) is 25.6. The average molecular weight is 476 g/mol. The van der Waals surface area contributed by atoms with Crippen molar-refractivity contribution < 1.29 is 19.6 Å². The molecule has 0 radical (unpaired) electrons. The molecule has 182 valence electrons. The van der Waals surface area contributed by atoms with E-state index in [0.29, 0.717) is 17.8 Å². The van der Waals surface area contributed by atoms with Crippen LogP contribution in [0, 0.1) is 0 Å². The van der Waals surface area contributed by atoms with Crippen molar-refractivity contribution in [2.75, 3.05) is 25.0 Å². The summed E-state index contributed by atoms with van der Waals surface area (Å²) in [4.78, 5) is 36.0. The largest absolute Gasteiger partial charge is 0.339 e. The molecule has 0 saturated carbocycles. The Morgan fingerprint density at radius 3 is 2.09 bits per heavy atom. The Bertz CT molecular complexity index is 1120. The van der Waals surface area contributed by atoms with Crippen molar-refractivity contribution in [1.29, 1.82) is 0 Å². The van der Waals surface area contributed by atoms with Gasteiger partial charge in [-0.25, -0.2) is 5.48 Å². The van der Waals surface area contributed by atoms with E-state index < -0.39 is 17.9 Å². The second-order valence-electron chi connectivity index (χ2n) is 7.85. The van der Waals surface area contributed by atoms with E-state index in [0.717, 1.165) is 17.5 Å². The van der Waals surface area contributed by atoms with Crippen molar-refractivity contribution in [3.05, 3.63) is 90.0 Å². The van der Waals surface area contributed by atoms with Crippen LogP contribution in [0.1, 0.15) is 15.9 Å². The van der Waals surface area contributed by atoms with Gasteiger partial charge in [-0.3, -0.25) is 19.6 Å². The fourth-order valence-electron chi connectivity index (χ4n) is 3.40. The number of nitrogens with two attached hydrogens (primary N) is 1. The predicted octanol–water partition coefficient (Wildman–Crippen LogP) is 1.69. The highest BCUT2D eigenvalue weighted by Gasteiger charge is 2.19. The number of amides is 3. The maximum atomic E-state index is 12.3. The van der Waals surface area contributed by atoms with E-state index in [9.17, 15) is 14.4 Å². The van der Waals surface area contributed by atoms with Gasteiger partial charge in [-0.1, -0.05) is 54.6 Å². The molecule has 1 atom stereocenters. The molecule has 3 aromatic rings. The summed E-state index contributed by atoms with van der Waals surface area (Å²) in [5.41, 5.74) is 11.0. The third-order valence-corrected chi connectivity index (χ3v) is 5.34. The third kappa shape index (κ3) is 7.75. The van der Waals surface area contributed by atoms with Gasteiger partial charge in [0.2, 0.25) is 5.91 Å². The second kappa shape index (κ2) is 13.0. The fraction of sp³-hybridized carbons (Fsp3) is 0.192. The lowest BCUT2D eigenvalue weighted by atomic mass is 10.0. The third-order valence-electron chi connectivity index (χ3n) is 5.34. The molecule has 9 heteroatoms. The Morgan fingerprint density at radius 1 is 0.857 bits per heavy atom. The van der Waals surface area contributed by atoms with E-state index in [1.54, 1.807) is 24.3 Å². The number of carbonyl (C=O) groups is 3. The maximum Gasteiger partial charge on any atom is 0.267 e. The maximum absolute atomic E-state index is 12.3. The fourth-order valence-corrected chi connectivity index (χ4v) is 3.40. The molecular formula is C26H29N5O4. The van der Waals surface area contributed by atoms with Gasteiger partial charge in [0.1, 0.15) is 6.04 Å². The number of nitrogens with one attached hydrogen (secondary N) is 4. The summed E-state index contributed by atoms with van der Waals surface area (Å²) in [6.07, 6.45) is 0.856. The first-order valence-electron chi connectivity index (χ1n) is 11.2. The lowest BCUT2D eigenvalue weighted by Crippen LogP contribution is -2.50. The first-order valence-corrected chi connectivity index (χ1v) is 11.2. The Morgan fingerprint density at radius 2 is 1.49 bits per heavy atom. The monoisotopic (exact) mass is 475 g/mol. The van der Waals surface area contributed by atoms with Gasteiger partial charge in [-0.2, -0.15) is 0 Å². The molecule has 0 bridgehead atoms. The summed E-state index contributed by atoms with van der Waals surface area (Å²) < 4.78 is 0. The smallest absolute Gasteiger partial charge is 0.267 e. The molecule has 0 fully saturated rings. The molecule has 3 aromatic carbocycles. The van der Waals surface area contributed by atoms with Crippen LogP contribution in [0.25, 0.3) is 11.1 Å². The highest BCUT2D eigenvalue weighted by Crippen LogP contribution is 2.22. The zero-order valence-electron chi connectivity index (χ0n) is 19.2. The quantitative estimate of drug-likeness (QED) is 0.141. The molecule has 0 unspecified atom stereocenters. The summed E-state index contributed by atoms with van der Waals surface area (Å²) in [5.74, 6) is -1.38. The van der Waals surface area contributed by atoms with Gasteiger partial charge in [0.15, 0.2) is 0 Å². The van der Waals surface area contributed by atoms with Crippen LogP contribution in [-0.4, -0.2) is 48.6 Å². The van der Waals surface area contributed by atoms with Crippen molar-refractivity contribution in [3.8, 4) is 11.1 Å². The van der Waals surface area contributed by atoms with Gasteiger partial charge in [-0.05, 0) is 53.9 Å². The van der Waals surface area contributed by atoms with Crippen LogP contribution in [-0.2, 0) is 16.0 Å². The number of anilines is 1. The Hall–Kier alpha value is -4.05. The zero-order chi connectivity index (χ0) is 25.0. The molecule has 35 heavy (non-hydrogen) atoms. The molecule has 3 rings (SSSR count). The van der Waals surface area contributed by atoms with Gasteiger partial charge in [0, 0.05) is 17.8 Å². The van der Waals surface area contributed by atoms with Gasteiger partial charge in [0.05, 0.1) is 6.54 Å². The van der Waals surface area contributed by atoms with Crippen LogP contribution in [0.3, 0.4) is 0 Å². The number of hydrogen-bond acceptors (Lipinski definition) is 6. The van der Waals surface area contributed by atoms with Crippen LogP contribution in [0.2, 0.25) is 0 Å². The minimum Gasteiger partial charge on any atom is -0.339 e. The molecule has 0 saturated heterocycles. The van der Waals surface area contributed by atoms with Crippen molar-refractivity contribution in [2.24, 2.45) is 5.73 Å². The zero-order valence-corrected chi connectivity index (χ0v) is 19.2. The van der Waals surface area contributed by atoms with E-state index in [4.69, 9.17) is 10.9 Å². The molecule has 0 aromatic heterocycles. The van der Waals surface area contributed by atoms with Crippen LogP contribution in [0.5, 0.6) is 0 Å². The van der Waals surface area contributed by atoms with Crippen molar-refractivity contribution >= 4 is 23.4 Å². The Kier molecular flexibility index (Phi) is 9.49. The lowest BCUT2D eigenvalue weighted by molar-refractivity contribution is -0.130. The second-order valence-corrected chi connectivity index (χ2v) is 7.85. The summed E-state index contributed by atoms with van der Waals surface area (Å²) in [5, 5.41) is 17.2. The molecule has 0 heterocycles. The van der Waals surface area contributed by atoms with E-state index in [2.05, 4.69) is 28.1 Å². The molecular weight excluding hydrogens is 446 g/mol. The lowest BCUT2D eigenvalue weighted by Gasteiger charge is -2.14. The highest BCUT2D eigenvalue weighted by molar-refractivity contribution is 5.98. The molecule has 9 nitrogen and oxygen atoms in total. The van der Waals surface area contributed by atoms with E-state index in [-0.39, 0.29) is 19.0 Å². The van der Waals surface area contributed by atoms with E-state index in [1.807, 2.05) is 42.5 Å². The first-order chi connectivity index (χ1) is 17.0. The Balaban J connectivity index is 1.48. The minimum absolute atomic E-state index is 0.119. The number of benzene rings is 3. The van der Waals surface area contributed by atoms with Crippen molar-refractivity contribution in [1.82, 2.24) is 16.1 Å². The van der Waals surface area contributed by atoms with Gasteiger partial charge in [-0.15, -0.1) is 0 Å². The summed E-state index contributed by atoms with van der Waals surface area (Å²) >= 11 is 0. The highest BCUT2D eigenvalue weighted by atomic mass is 16.5. The van der Waals surface area contributed by atoms with Gasteiger partial charge < -0.3 is 21.7 Å². The van der Waals surface area contributed by atoms with Crippen molar-refractivity contribution in [3.63, 3.8) is 0 Å². The standard InChI is InChI=1S/C26H29N5O4/c27-16-23(26(34)31-35)30-25(33)21-8-6-19(7-9-21)20-10-12-22(13-11-20)29-24(32)17-28-15-14-18-4-2-1-3-5-18/h1-13,23,28,35H,14-17,27H2,(H,29,32)(H,30,33)(H,31,34)/t23-/m0/s1. The van der Waals surface area contributed by atoms with Crippen LogP contribution in [0.15, 0.2) is 78.9 Å². The SMILES string of the molecule is NC[C@H](NC(=O)c1ccc(-c2ccc(NC(=O)CNCCc3ccccc3)cc2)cc1)C(=O)NO. The minimum atomic E-state index is -1.03. The Labute approximate surface area is 203 Å². The molecule has 0 spiro atoms. The van der Waals surface area contributed by atoms with Crippen LogP contribution >= 0.6 is 0 Å². The van der Waals surface area contributed by atoms with Crippen molar-refractivity contribution in [2.45, 2.75) is 12.5 Å². The molecule has 0 aliphatic carbocycles. The molecule has 7 N–H and O–H groups in total. The van der Waals surface area contributed by atoms with Gasteiger partial charge in [0.25, 0.3) is 11.8 Å². The van der Waals surface area contributed by atoms with Crippen LogP contribution < -0.4 is 27.2 Å². The van der Waals surface area contributed by atoms with Gasteiger partial charge >= 0.3 is 0 Å². The topological polar surface area (TPSA) is 146 Å². The van der Waals surface area contributed by atoms with E-state index >= 15 is 0 Å². The molecule has 3 amide bonds. The number of hydroxylamine groups is 1. The normalized spacial score (nSPS) is 11.4. The van der Waals surface area contributed by atoms with Crippen LogP contribution in [0.4, 0.5) is 5.69 Å². The number of rotatable bonds is 11. The average Bonchev–Trinajstić information content (AvgIpc) is 2.90. The predicted molar refractivity (Wildman–Crippen MR) is 134 cm³/mol. The summed E-state index contributed by atoms with van der Waals surface area (Å²) in [7, 11) is 0.